The Labute approximate surface area is 172 Å². The van der Waals surface area contributed by atoms with Crippen molar-refractivity contribution < 1.29 is 24.2 Å². The first-order chi connectivity index (χ1) is 13.8. The van der Waals surface area contributed by atoms with E-state index in [-0.39, 0.29) is 24.8 Å². The molecular weight excluding hydrogens is 372 g/mol. The number of rotatable bonds is 5. The smallest absolute Gasteiger partial charge is 0.410 e. The van der Waals surface area contributed by atoms with Gasteiger partial charge in [-0.15, -0.1) is 0 Å². The van der Waals surface area contributed by atoms with E-state index >= 15 is 0 Å². The lowest BCUT2D eigenvalue weighted by atomic mass is 9.93. The summed E-state index contributed by atoms with van der Waals surface area (Å²) in [7, 11) is 0. The highest BCUT2D eigenvalue weighted by molar-refractivity contribution is 5.71. The van der Waals surface area contributed by atoms with Gasteiger partial charge < -0.3 is 19.5 Å². The van der Waals surface area contributed by atoms with Crippen molar-refractivity contribution in [3.63, 3.8) is 0 Å². The Hall–Kier alpha value is -2.28. The van der Waals surface area contributed by atoms with Crippen molar-refractivity contribution in [3.8, 4) is 0 Å². The summed E-state index contributed by atoms with van der Waals surface area (Å²) in [4.78, 5) is 28.0. The van der Waals surface area contributed by atoms with Gasteiger partial charge in [0, 0.05) is 19.6 Å². The SMILES string of the molecule is CC(C)(C)OC(=O)N1CCC(CCN2C(=O)OC(c3ccccc3)C2CO)CC1. The van der Waals surface area contributed by atoms with Gasteiger partial charge in [-0.05, 0) is 51.5 Å². The molecule has 1 aromatic rings. The van der Waals surface area contributed by atoms with Gasteiger partial charge in [0.05, 0.1) is 12.6 Å². The Morgan fingerprint density at radius 3 is 2.45 bits per heavy atom. The molecule has 0 aromatic heterocycles. The largest absolute Gasteiger partial charge is 0.444 e. The molecule has 2 fully saturated rings. The van der Waals surface area contributed by atoms with E-state index in [0.717, 1.165) is 24.8 Å². The van der Waals surface area contributed by atoms with Crippen molar-refractivity contribution in [2.75, 3.05) is 26.2 Å². The van der Waals surface area contributed by atoms with E-state index < -0.39 is 11.7 Å². The molecule has 160 valence electrons. The molecule has 0 bridgehead atoms. The molecule has 1 aromatic carbocycles. The van der Waals surface area contributed by atoms with E-state index in [4.69, 9.17) is 9.47 Å². The normalized spacial score (nSPS) is 23.2. The van der Waals surface area contributed by atoms with Crippen LogP contribution < -0.4 is 0 Å². The molecule has 0 saturated carbocycles. The number of ether oxygens (including phenoxy) is 2. The minimum absolute atomic E-state index is 0.137. The number of hydrogen-bond donors (Lipinski definition) is 1. The summed E-state index contributed by atoms with van der Waals surface area (Å²) in [5.74, 6) is 0.427. The van der Waals surface area contributed by atoms with Crippen LogP contribution in [0.3, 0.4) is 0 Å². The van der Waals surface area contributed by atoms with Gasteiger partial charge in [-0.25, -0.2) is 9.59 Å². The maximum absolute atomic E-state index is 12.4. The van der Waals surface area contributed by atoms with E-state index in [9.17, 15) is 14.7 Å². The van der Waals surface area contributed by atoms with Crippen LogP contribution in [0.5, 0.6) is 0 Å². The van der Waals surface area contributed by atoms with Gasteiger partial charge in [-0.2, -0.15) is 0 Å². The average Bonchev–Trinajstić information content (AvgIpc) is 3.01. The van der Waals surface area contributed by atoms with Crippen LogP contribution in [0.4, 0.5) is 9.59 Å². The molecule has 7 nitrogen and oxygen atoms in total. The van der Waals surface area contributed by atoms with Crippen LogP contribution in [0.1, 0.15) is 51.7 Å². The predicted molar refractivity (Wildman–Crippen MR) is 108 cm³/mol. The zero-order valence-corrected chi connectivity index (χ0v) is 17.5. The summed E-state index contributed by atoms with van der Waals surface area (Å²) in [6.07, 6.45) is 1.52. The predicted octanol–water partition coefficient (Wildman–Crippen LogP) is 3.58. The maximum Gasteiger partial charge on any atom is 0.410 e. The second kappa shape index (κ2) is 9.03. The van der Waals surface area contributed by atoms with E-state index in [0.29, 0.717) is 25.6 Å². The third-order valence-corrected chi connectivity index (χ3v) is 5.57. The first-order valence-electron chi connectivity index (χ1n) is 10.4. The number of amides is 2. The quantitative estimate of drug-likeness (QED) is 0.811. The van der Waals surface area contributed by atoms with E-state index in [2.05, 4.69) is 0 Å². The summed E-state index contributed by atoms with van der Waals surface area (Å²) in [5.41, 5.74) is 0.409. The van der Waals surface area contributed by atoms with Crippen molar-refractivity contribution in [1.29, 1.82) is 0 Å². The molecule has 1 N–H and O–H groups in total. The summed E-state index contributed by atoms with van der Waals surface area (Å²) < 4.78 is 11.0. The fourth-order valence-electron chi connectivity index (χ4n) is 3.99. The Morgan fingerprint density at radius 1 is 1.21 bits per heavy atom. The molecule has 2 heterocycles. The molecule has 0 aliphatic carbocycles. The Bertz CT molecular complexity index is 695. The molecule has 2 saturated heterocycles. The Kier molecular flexibility index (Phi) is 6.67. The van der Waals surface area contributed by atoms with Crippen LogP contribution in [0.25, 0.3) is 0 Å². The molecule has 3 rings (SSSR count). The fourth-order valence-corrected chi connectivity index (χ4v) is 3.99. The number of carbonyl (C=O) groups excluding carboxylic acids is 2. The van der Waals surface area contributed by atoms with Crippen molar-refractivity contribution in [2.24, 2.45) is 5.92 Å². The van der Waals surface area contributed by atoms with Crippen molar-refractivity contribution in [1.82, 2.24) is 9.80 Å². The Morgan fingerprint density at radius 2 is 1.86 bits per heavy atom. The maximum atomic E-state index is 12.4. The fraction of sp³-hybridized carbons (Fsp3) is 0.636. The molecule has 0 spiro atoms. The van der Waals surface area contributed by atoms with Crippen LogP contribution in [-0.2, 0) is 9.47 Å². The molecule has 2 atom stereocenters. The molecule has 2 amide bonds. The lowest BCUT2D eigenvalue weighted by molar-refractivity contribution is 0.0177. The minimum Gasteiger partial charge on any atom is -0.444 e. The number of cyclic esters (lactones) is 1. The van der Waals surface area contributed by atoms with Gasteiger partial charge in [0.15, 0.2) is 6.10 Å². The van der Waals surface area contributed by atoms with Crippen molar-refractivity contribution in [3.05, 3.63) is 35.9 Å². The molecular formula is C22H32N2O5. The van der Waals surface area contributed by atoms with Gasteiger partial charge in [-0.1, -0.05) is 30.3 Å². The van der Waals surface area contributed by atoms with Gasteiger partial charge in [0.1, 0.15) is 5.60 Å². The number of hydrogen-bond acceptors (Lipinski definition) is 5. The lowest BCUT2D eigenvalue weighted by Gasteiger charge is -2.34. The number of aliphatic hydroxyl groups excluding tert-OH is 1. The zero-order chi connectivity index (χ0) is 21.0. The van der Waals surface area contributed by atoms with Crippen molar-refractivity contribution >= 4 is 12.2 Å². The molecule has 2 unspecified atom stereocenters. The minimum atomic E-state index is -0.487. The van der Waals surface area contributed by atoms with Crippen LogP contribution in [0.15, 0.2) is 30.3 Å². The van der Waals surface area contributed by atoms with Gasteiger partial charge in [-0.3, -0.25) is 4.90 Å². The lowest BCUT2D eigenvalue weighted by Crippen LogP contribution is -2.43. The molecule has 0 radical (unpaired) electrons. The van der Waals surface area contributed by atoms with Gasteiger partial charge in [0.25, 0.3) is 0 Å². The second-order valence-corrected chi connectivity index (χ2v) is 8.86. The van der Waals surface area contributed by atoms with Crippen LogP contribution >= 0.6 is 0 Å². The van der Waals surface area contributed by atoms with Crippen LogP contribution in [-0.4, -0.2) is 65.0 Å². The average molecular weight is 405 g/mol. The summed E-state index contributed by atoms with van der Waals surface area (Å²) in [6.45, 7) is 7.35. The molecule has 2 aliphatic rings. The number of likely N-dealkylation sites (tertiary alicyclic amines) is 1. The van der Waals surface area contributed by atoms with Gasteiger partial charge in [0.2, 0.25) is 0 Å². The molecule has 7 heteroatoms. The number of carbonyl (C=O) groups is 2. The highest BCUT2D eigenvalue weighted by Crippen LogP contribution is 2.33. The Balaban J connectivity index is 1.50. The monoisotopic (exact) mass is 404 g/mol. The van der Waals surface area contributed by atoms with Crippen LogP contribution in [0.2, 0.25) is 0 Å². The number of benzene rings is 1. The first kappa shape index (κ1) is 21.4. The zero-order valence-electron chi connectivity index (χ0n) is 17.5. The van der Waals surface area contributed by atoms with Crippen molar-refractivity contribution in [2.45, 2.75) is 57.8 Å². The number of aliphatic hydroxyl groups is 1. The summed E-state index contributed by atoms with van der Waals surface area (Å²) in [6, 6.07) is 9.17. The third-order valence-electron chi connectivity index (χ3n) is 5.57. The van der Waals surface area contributed by atoms with E-state index in [1.165, 1.54) is 0 Å². The highest BCUT2D eigenvalue weighted by Gasteiger charge is 2.42. The summed E-state index contributed by atoms with van der Waals surface area (Å²) in [5, 5.41) is 9.88. The van der Waals surface area contributed by atoms with Crippen LogP contribution in [0, 0.1) is 5.92 Å². The second-order valence-electron chi connectivity index (χ2n) is 8.86. The molecule has 2 aliphatic heterocycles. The third kappa shape index (κ3) is 5.41. The van der Waals surface area contributed by atoms with Gasteiger partial charge >= 0.3 is 12.2 Å². The summed E-state index contributed by atoms with van der Waals surface area (Å²) >= 11 is 0. The first-order valence-corrected chi connectivity index (χ1v) is 10.4. The number of nitrogens with zero attached hydrogens (tertiary/aromatic N) is 2. The topological polar surface area (TPSA) is 79.3 Å². The number of piperidine rings is 1. The highest BCUT2D eigenvalue weighted by atomic mass is 16.6. The van der Waals surface area contributed by atoms with E-state index in [1.54, 1.807) is 9.80 Å². The standard InChI is InChI=1S/C22H32N2O5/c1-22(2,3)29-20(26)23-12-9-16(10-13-23)11-14-24-18(15-25)19(28-21(24)27)17-7-5-4-6-8-17/h4-8,16,18-19,25H,9-15H2,1-3H3. The molecule has 29 heavy (non-hydrogen) atoms. The van der Waals surface area contributed by atoms with E-state index in [1.807, 2.05) is 51.1 Å².